The number of hydrogen-bond donors (Lipinski definition) is 0. The van der Waals surface area contributed by atoms with Gasteiger partial charge in [-0.3, -0.25) is 9.69 Å². The van der Waals surface area contributed by atoms with Gasteiger partial charge in [-0.15, -0.1) is 0 Å². The van der Waals surface area contributed by atoms with Crippen molar-refractivity contribution in [2.75, 3.05) is 6.61 Å². The Morgan fingerprint density at radius 2 is 1.84 bits per heavy atom. The van der Waals surface area contributed by atoms with Gasteiger partial charge in [0.1, 0.15) is 17.3 Å². The summed E-state index contributed by atoms with van der Waals surface area (Å²) in [6.45, 7) is 4.89. The normalized spacial score (nSPS) is 20.0. The fourth-order valence-corrected chi connectivity index (χ4v) is 5.00. The molecule has 2 aromatic carbocycles. The van der Waals surface area contributed by atoms with Crippen LogP contribution in [0, 0.1) is 11.7 Å². The average Bonchev–Trinajstić information content (AvgIpc) is 3.10. The molecule has 2 fully saturated rings. The lowest BCUT2D eigenvalue weighted by molar-refractivity contribution is -0.124. The molecule has 1 saturated heterocycles. The van der Waals surface area contributed by atoms with Crippen molar-refractivity contribution in [1.29, 1.82) is 0 Å². The Labute approximate surface area is 193 Å². The molecule has 0 unspecified atom stereocenters. The summed E-state index contributed by atoms with van der Waals surface area (Å²) in [4.78, 5) is 20.3. The third-order valence-electron chi connectivity index (χ3n) is 5.61. The summed E-state index contributed by atoms with van der Waals surface area (Å²) in [5.41, 5.74) is 1.19. The Morgan fingerprint density at radius 3 is 2.53 bits per heavy atom. The zero-order chi connectivity index (χ0) is 22.5. The number of rotatable bonds is 6. The largest absolute Gasteiger partial charge is 0.493 e. The molecule has 0 aromatic heterocycles. The number of benzene rings is 2. The summed E-state index contributed by atoms with van der Waals surface area (Å²) in [6, 6.07) is 14.3. The molecular weight excluding hydrogens is 423 g/mol. The molecule has 32 heavy (non-hydrogen) atoms. The van der Waals surface area contributed by atoms with Gasteiger partial charge in [0.05, 0.1) is 11.5 Å². The molecule has 2 aliphatic rings. The van der Waals surface area contributed by atoms with Crippen LogP contribution in [0.4, 0.5) is 10.1 Å². The molecular formula is C26H29FN2O2S. The van der Waals surface area contributed by atoms with E-state index in [1.807, 2.05) is 30.3 Å². The van der Waals surface area contributed by atoms with Crippen LogP contribution in [0.5, 0.6) is 5.75 Å². The molecule has 1 aliphatic heterocycles. The number of amides is 1. The highest BCUT2D eigenvalue weighted by Crippen LogP contribution is 2.38. The number of halogens is 1. The average molecular weight is 453 g/mol. The first-order chi connectivity index (χ1) is 15.5. The quantitative estimate of drug-likeness (QED) is 0.453. The Balaban J connectivity index is 1.60. The van der Waals surface area contributed by atoms with E-state index < -0.39 is 0 Å². The third-order valence-corrected chi connectivity index (χ3v) is 6.59. The number of aliphatic imine (C=N–C) groups is 1. The molecule has 4 nitrogen and oxygen atoms in total. The topological polar surface area (TPSA) is 41.9 Å². The number of para-hydroxylation sites is 1. The van der Waals surface area contributed by atoms with Crippen LogP contribution >= 0.6 is 11.8 Å². The van der Waals surface area contributed by atoms with E-state index in [1.165, 1.54) is 24.2 Å². The second-order valence-corrected chi connectivity index (χ2v) is 9.71. The van der Waals surface area contributed by atoms with Crippen molar-refractivity contribution in [1.82, 2.24) is 4.90 Å². The van der Waals surface area contributed by atoms with E-state index in [0.717, 1.165) is 37.0 Å². The Hall–Kier alpha value is -2.60. The fraction of sp³-hybridized carbons (Fsp3) is 0.385. The molecule has 0 N–H and O–H groups in total. The maximum absolute atomic E-state index is 14.3. The standard InChI is InChI=1S/C26H29FN2O2S/c1-18(2)17-31-21-14-12-19(13-15-21)16-24-25(30)29(20-8-4-3-5-9-20)26(32-24)28-23-11-7-6-10-22(23)27/h6-7,10-16,18,20H,3-5,8-9,17H2,1-2H3. The molecule has 0 spiro atoms. The van der Waals surface area contributed by atoms with Gasteiger partial charge in [0.2, 0.25) is 0 Å². The summed E-state index contributed by atoms with van der Waals surface area (Å²) in [5.74, 6) is 0.849. The number of carbonyl (C=O) groups excluding carboxylic acids is 1. The van der Waals surface area contributed by atoms with Crippen molar-refractivity contribution < 1.29 is 13.9 Å². The van der Waals surface area contributed by atoms with Gasteiger partial charge in [0, 0.05) is 6.04 Å². The lowest BCUT2D eigenvalue weighted by Crippen LogP contribution is -2.40. The number of amidine groups is 1. The van der Waals surface area contributed by atoms with E-state index in [4.69, 9.17) is 4.74 Å². The van der Waals surface area contributed by atoms with Crippen molar-refractivity contribution in [2.45, 2.75) is 52.0 Å². The van der Waals surface area contributed by atoms with E-state index in [-0.39, 0.29) is 23.5 Å². The van der Waals surface area contributed by atoms with Gasteiger partial charge in [0.15, 0.2) is 5.17 Å². The van der Waals surface area contributed by atoms with Crippen molar-refractivity contribution in [3.63, 3.8) is 0 Å². The minimum atomic E-state index is -0.383. The number of thioether (sulfide) groups is 1. The van der Waals surface area contributed by atoms with E-state index in [9.17, 15) is 9.18 Å². The Kier molecular flexibility index (Phi) is 7.30. The molecule has 1 amide bonds. The molecule has 168 valence electrons. The lowest BCUT2D eigenvalue weighted by atomic mass is 9.94. The van der Waals surface area contributed by atoms with Crippen LogP contribution in [-0.4, -0.2) is 28.6 Å². The monoisotopic (exact) mass is 452 g/mol. The molecule has 2 aromatic rings. The van der Waals surface area contributed by atoms with Gasteiger partial charge in [-0.05, 0) is 66.4 Å². The molecule has 1 heterocycles. The van der Waals surface area contributed by atoms with Crippen LogP contribution < -0.4 is 4.74 Å². The molecule has 6 heteroatoms. The van der Waals surface area contributed by atoms with Gasteiger partial charge >= 0.3 is 0 Å². The molecule has 1 saturated carbocycles. The highest BCUT2D eigenvalue weighted by atomic mass is 32.2. The first kappa shape index (κ1) is 22.6. The predicted octanol–water partition coefficient (Wildman–Crippen LogP) is 6.80. The minimum Gasteiger partial charge on any atom is -0.493 e. The van der Waals surface area contributed by atoms with Gasteiger partial charge < -0.3 is 4.74 Å². The SMILES string of the molecule is CC(C)COc1ccc(C=C2SC(=Nc3ccccc3F)N(C3CCCCC3)C2=O)cc1. The van der Waals surface area contributed by atoms with E-state index in [2.05, 4.69) is 18.8 Å². The van der Waals surface area contributed by atoms with Crippen molar-refractivity contribution in [3.8, 4) is 5.75 Å². The van der Waals surface area contributed by atoms with Crippen LogP contribution in [0.1, 0.15) is 51.5 Å². The van der Waals surface area contributed by atoms with Crippen LogP contribution in [0.25, 0.3) is 6.08 Å². The van der Waals surface area contributed by atoms with Gasteiger partial charge in [-0.1, -0.05) is 57.4 Å². The third kappa shape index (κ3) is 5.41. The second-order valence-electron chi connectivity index (χ2n) is 8.70. The van der Waals surface area contributed by atoms with E-state index >= 15 is 0 Å². The highest BCUT2D eigenvalue weighted by Gasteiger charge is 2.38. The molecule has 0 bridgehead atoms. The van der Waals surface area contributed by atoms with Crippen LogP contribution in [0.15, 0.2) is 58.4 Å². The summed E-state index contributed by atoms with van der Waals surface area (Å²) >= 11 is 1.33. The highest BCUT2D eigenvalue weighted by molar-refractivity contribution is 8.18. The van der Waals surface area contributed by atoms with Crippen molar-refractivity contribution >= 4 is 34.6 Å². The zero-order valence-corrected chi connectivity index (χ0v) is 19.4. The lowest BCUT2D eigenvalue weighted by Gasteiger charge is -2.30. The summed E-state index contributed by atoms with van der Waals surface area (Å²) in [5, 5.41) is 0.565. The maximum Gasteiger partial charge on any atom is 0.267 e. The zero-order valence-electron chi connectivity index (χ0n) is 18.6. The van der Waals surface area contributed by atoms with Crippen molar-refractivity contribution in [3.05, 3.63) is 64.8 Å². The first-order valence-electron chi connectivity index (χ1n) is 11.3. The number of nitrogens with zero attached hydrogens (tertiary/aromatic N) is 2. The summed E-state index contributed by atoms with van der Waals surface area (Å²) in [6.07, 6.45) is 7.19. The minimum absolute atomic E-state index is 0.0443. The summed E-state index contributed by atoms with van der Waals surface area (Å²) in [7, 11) is 0. The van der Waals surface area contributed by atoms with E-state index in [1.54, 1.807) is 23.1 Å². The fourth-order valence-electron chi connectivity index (χ4n) is 3.95. The van der Waals surface area contributed by atoms with E-state index in [0.29, 0.717) is 22.6 Å². The molecule has 0 radical (unpaired) electrons. The molecule has 0 atom stereocenters. The smallest absolute Gasteiger partial charge is 0.267 e. The Bertz CT molecular complexity index is 1010. The van der Waals surface area contributed by atoms with Crippen LogP contribution in [-0.2, 0) is 4.79 Å². The molecule has 4 rings (SSSR count). The second kappa shape index (κ2) is 10.3. The maximum atomic E-state index is 14.3. The molecule has 1 aliphatic carbocycles. The van der Waals surface area contributed by atoms with Gasteiger partial charge in [0.25, 0.3) is 5.91 Å². The van der Waals surface area contributed by atoms with Gasteiger partial charge in [-0.2, -0.15) is 0 Å². The Morgan fingerprint density at radius 1 is 1.12 bits per heavy atom. The number of ether oxygens (including phenoxy) is 1. The first-order valence-corrected chi connectivity index (χ1v) is 12.1. The van der Waals surface area contributed by atoms with Crippen LogP contribution in [0.3, 0.4) is 0 Å². The van der Waals surface area contributed by atoms with Gasteiger partial charge in [-0.25, -0.2) is 9.38 Å². The predicted molar refractivity (Wildman–Crippen MR) is 130 cm³/mol. The van der Waals surface area contributed by atoms with Crippen molar-refractivity contribution in [2.24, 2.45) is 10.9 Å². The summed E-state index contributed by atoms with van der Waals surface area (Å²) < 4.78 is 20.0. The number of carbonyl (C=O) groups is 1. The number of hydrogen-bond acceptors (Lipinski definition) is 4. The van der Waals surface area contributed by atoms with Crippen LogP contribution in [0.2, 0.25) is 0 Å².